The van der Waals surface area contributed by atoms with Crippen molar-refractivity contribution in [2.45, 2.75) is 0 Å². The van der Waals surface area contributed by atoms with E-state index in [2.05, 4.69) is 0 Å². The van der Waals surface area contributed by atoms with Crippen molar-refractivity contribution < 1.29 is 18.7 Å². The fourth-order valence-electron chi connectivity index (χ4n) is 1.86. The van der Waals surface area contributed by atoms with Gasteiger partial charge in [0.25, 0.3) is 0 Å². The van der Waals surface area contributed by atoms with Crippen LogP contribution in [0.15, 0.2) is 46.6 Å². The van der Waals surface area contributed by atoms with Crippen molar-refractivity contribution in [1.29, 1.82) is 5.26 Å². The van der Waals surface area contributed by atoms with E-state index in [1.165, 1.54) is 18.4 Å². The van der Waals surface area contributed by atoms with Crippen LogP contribution in [0, 0.1) is 11.3 Å². The Balaban J connectivity index is 1.93. The second kappa shape index (κ2) is 4.94. The number of hydrogen-bond acceptors (Lipinski definition) is 5. The Morgan fingerprint density at radius 1 is 1.25 bits per heavy atom. The summed E-state index contributed by atoms with van der Waals surface area (Å²) in [7, 11) is 0. The van der Waals surface area contributed by atoms with E-state index in [-0.39, 0.29) is 18.1 Å². The summed E-state index contributed by atoms with van der Waals surface area (Å²) in [6, 6.07) is 10.2. The van der Waals surface area contributed by atoms with Gasteiger partial charge in [-0.05, 0) is 35.9 Å². The van der Waals surface area contributed by atoms with Crippen LogP contribution in [0.3, 0.4) is 0 Å². The first kappa shape index (κ1) is 12.1. The molecular weight excluding hydrogens is 258 g/mol. The van der Waals surface area contributed by atoms with Gasteiger partial charge in [-0.1, -0.05) is 6.07 Å². The van der Waals surface area contributed by atoms with Gasteiger partial charge in [-0.25, -0.2) is 0 Å². The molecule has 0 spiro atoms. The van der Waals surface area contributed by atoms with Crippen LogP contribution >= 0.6 is 0 Å². The summed E-state index contributed by atoms with van der Waals surface area (Å²) in [5.74, 6) is 0.938. The van der Waals surface area contributed by atoms with Gasteiger partial charge in [0, 0.05) is 0 Å². The number of nitriles is 1. The highest BCUT2D eigenvalue weighted by atomic mass is 16.7. The van der Waals surface area contributed by atoms with Crippen LogP contribution in [0.5, 0.6) is 11.5 Å². The Labute approximate surface area is 114 Å². The van der Waals surface area contributed by atoms with E-state index in [9.17, 15) is 4.79 Å². The summed E-state index contributed by atoms with van der Waals surface area (Å²) in [6.45, 7) is 0.179. The molecular formula is C15H9NO4. The molecule has 0 aliphatic carbocycles. The lowest BCUT2D eigenvalue weighted by molar-refractivity contribution is 0.101. The minimum Gasteiger partial charge on any atom is -0.461 e. The number of allylic oxidation sites excluding steroid dienone is 1. The molecule has 2 aromatic rings. The van der Waals surface area contributed by atoms with Gasteiger partial charge in [-0.3, -0.25) is 4.79 Å². The maximum absolute atomic E-state index is 12.0. The third-order valence-corrected chi connectivity index (χ3v) is 2.82. The monoisotopic (exact) mass is 267 g/mol. The quantitative estimate of drug-likeness (QED) is 0.485. The standard InChI is InChI=1S/C15H9NO4/c16-8-11(15(17)13-2-1-5-18-13)6-10-3-4-12-14(7-10)20-9-19-12/h1-7H,9H2. The maximum atomic E-state index is 12.0. The molecule has 3 rings (SSSR count). The third-order valence-electron chi connectivity index (χ3n) is 2.82. The van der Waals surface area contributed by atoms with Crippen LogP contribution in [-0.4, -0.2) is 12.6 Å². The largest absolute Gasteiger partial charge is 0.461 e. The highest BCUT2D eigenvalue weighted by Gasteiger charge is 2.16. The van der Waals surface area contributed by atoms with Crippen LogP contribution in [-0.2, 0) is 0 Å². The first-order chi connectivity index (χ1) is 9.78. The van der Waals surface area contributed by atoms with Crippen molar-refractivity contribution in [3.05, 3.63) is 53.5 Å². The molecule has 2 heterocycles. The Hall–Kier alpha value is -3.00. The third kappa shape index (κ3) is 2.15. The smallest absolute Gasteiger partial charge is 0.238 e. The van der Waals surface area contributed by atoms with Crippen molar-refractivity contribution in [3.8, 4) is 17.6 Å². The van der Waals surface area contributed by atoms with Crippen molar-refractivity contribution in [2.75, 3.05) is 6.79 Å². The lowest BCUT2D eigenvalue weighted by Gasteiger charge is -1.99. The summed E-state index contributed by atoms with van der Waals surface area (Å²) in [6.07, 6.45) is 2.88. The van der Waals surface area contributed by atoms with Crippen LogP contribution in [0.1, 0.15) is 16.1 Å². The second-order valence-electron chi connectivity index (χ2n) is 4.09. The molecule has 0 unspecified atom stereocenters. The van der Waals surface area contributed by atoms with E-state index in [1.807, 2.05) is 6.07 Å². The summed E-state index contributed by atoms with van der Waals surface area (Å²) >= 11 is 0. The molecule has 1 aromatic carbocycles. The minimum absolute atomic E-state index is 0.00110. The van der Waals surface area contributed by atoms with Crippen LogP contribution in [0.25, 0.3) is 6.08 Å². The van der Waals surface area contributed by atoms with E-state index in [4.69, 9.17) is 19.2 Å². The van der Waals surface area contributed by atoms with Gasteiger partial charge in [0.15, 0.2) is 17.3 Å². The van der Waals surface area contributed by atoms with Gasteiger partial charge in [-0.15, -0.1) is 0 Å². The van der Waals surface area contributed by atoms with Gasteiger partial charge < -0.3 is 13.9 Å². The number of Topliss-reactive ketones (excluding diaryl/α,β-unsaturated/α-hetero) is 1. The number of benzene rings is 1. The number of ketones is 1. The average Bonchev–Trinajstić information content (AvgIpc) is 3.14. The number of hydrogen-bond donors (Lipinski definition) is 0. The number of ether oxygens (including phenoxy) is 2. The maximum Gasteiger partial charge on any atom is 0.238 e. The number of carbonyl (C=O) groups excluding carboxylic acids is 1. The van der Waals surface area contributed by atoms with E-state index < -0.39 is 5.78 Å². The minimum atomic E-state index is -0.449. The summed E-state index contributed by atoms with van der Waals surface area (Å²) in [5, 5.41) is 9.11. The molecule has 1 aliphatic rings. The van der Waals surface area contributed by atoms with Gasteiger partial charge >= 0.3 is 0 Å². The zero-order valence-corrected chi connectivity index (χ0v) is 10.3. The van der Waals surface area contributed by atoms with E-state index in [0.717, 1.165) is 0 Å². The Morgan fingerprint density at radius 2 is 2.10 bits per heavy atom. The van der Waals surface area contributed by atoms with E-state index in [0.29, 0.717) is 17.1 Å². The Morgan fingerprint density at radius 3 is 2.85 bits per heavy atom. The normalized spacial score (nSPS) is 13.1. The molecule has 0 saturated heterocycles. The molecule has 5 heteroatoms. The number of furan rings is 1. The lowest BCUT2D eigenvalue weighted by Crippen LogP contribution is -1.99. The molecule has 20 heavy (non-hydrogen) atoms. The molecule has 0 saturated carbocycles. The van der Waals surface area contributed by atoms with Gasteiger partial charge in [0.1, 0.15) is 11.6 Å². The van der Waals surface area contributed by atoms with Crippen LogP contribution in [0.4, 0.5) is 0 Å². The Kier molecular flexibility index (Phi) is 2.98. The summed E-state index contributed by atoms with van der Waals surface area (Å²) < 4.78 is 15.5. The molecule has 0 fully saturated rings. The lowest BCUT2D eigenvalue weighted by atomic mass is 10.1. The molecule has 0 radical (unpaired) electrons. The molecule has 0 atom stereocenters. The van der Waals surface area contributed by atoms with Crippen LogP contribution < -0.4 is 9.47 Å². The predicted molar refractivity (Wildman–Crippen MR) is 69.2 cm³/mol. The fraction of sp³-hybridized carbons (Fsp3) is 0.0667. The van der Waals surface area contributed by atoms with E-state index >= 15 is 0 Å². The number of nitrogens with zero attached hydrogens (tertiary/aromatic N) is 1. The zero-order valence-electron chi connectivity index (χ0n) is 10.3. The van der Waals surface area contributed by atoms with Gasteiger partial charge in [0.2, 0.25) is 12.6 Å². The number of fused-ring (bicyclic) bond motifs is 1. The molecule has 1 aromatic heterocycles. The second-order valence-corrected chi connectivity index (χ2v) is 4.09. The fourth-order valence-corrected chi connectivity index (χ4v) is 1.86. The van der Waals surface area contributed by atoms with Crippen molar-refractivity contribution >= 4 is 11.9 Å². The van der Waals surface area contributed by atoms with Crippen molar-refractivity contribution in [2.24, 2.45) is 0 Å². The molecule has 98 valence electrons. The topological polar surface area (TPSA) is 72.5 Å². The average molecular weight is 267 g/mol. The zero-order chi connectivity index (χ0) is 13.9. The highest BCUT2D eigenvalue weighted by molar-refractivity contribution is 6.12. The molecule has 0 N–H and O–H groups in total. The molecule has 1 aliphatic heterocycles. The van der Waals surface area contributed by atoms with Crippen LogP contribution in [0.2, 0.25) is 0 Å². The SMILES string of the molecule is N#CC(=Cc1ccc2c(c1)OCO2)C(=O)c1ccco1. The molecule has 0 bridgehead atoms. The Bertz CT molecular complexity index is 723. The summed E-state index contributed by atoms with van der Waals surface area (Å²) in [4.78, 5) is 12.0. The van der Waals surface area contributed by atoms with Gasteiger partial charge in [0.05, 0.1) is 6.26 Å². The first-order valence-electron chi connectivity index (χ1n) is 5.87. The number of rotatable bonds is 3. The molecule has 0 amide bonds. The summed E-state index contributed by atoms with van der Waals surface area (Å²) in [5.41, 5.74) is 0.685. The van der Waals surface area contributed by atoms with E-state index in [1.54, 1.807) is 24.3 Å². The van der Waals surface area contributed by atoms with Crippen molar-refractivity contribution in [1.82, 2.24) is 0 Å². The predicted octanol–water partition coefficient (Wildman–Crippen LogP) is 2.80. The van der Waals surface area contributed by atoms with Gasteiger partial charge in [-0.2, -0.15) is 5.26 Å². The first-order valence-corrected chi connectivity index (χ1v) is 5.87. The number of carbonyl (C=O) groups is 1. The highest BCUT2D eigenvalue weighted by Crippen LogP contribution is 2.33. The van der Waals surface area contributed by atoms with Crippen molar-refractivity contribution in [3.63, 3.8) is 0 Å². The molecule has 5 nitrogen and oxygen atoms in total.